The van der Waals surface area contributed by atoms with Crippen LogP contribution in [0.5, 0.6) is 5.75 Å². The van der Waals surface area contributed by atoms with E-state index in [1.165, 1.54) is 37.3 Å². The standard InChI is InChI=1S/C23H34N2O3/c1-23(2,3)28-21(26)14-12-16-11-13-17(27-6)15-18(16)22-24(4)19-9-7-8-10-20(19)25(22)5/h11-15,19-20,22H,7-10H2,1-6H3/b14-12-/t19-,20-/m1/s1. The molecule has 154 valence electrons. The van der Waals surface area contributed by atoms with E-state index in [-0.39, 0.29) is 12.1 Å². The molecular weight excluding hydrogens is 352 g/mol. The van der Waals surface area contributed by atoms with Crippen LogP contribution in [0.1, 0.15) is 63.7 Å². The Morgan fingerprint density at radius 3 is 2.25 bits per heavy atom. The molecule has 0 amide bonds. The van der Waals surface area contributed by atoms with Crippen LogP contribution < -0.4 is 4.74 Å². The number of hydrogen-bond acceptors (Lipinski definition) is 5. The van der Waals surface area contributed by atoms with Gasteiger partial charge >= 0.3 is 5.97 Å². The number of nitrogens with zero attached hydrogens (tertiary/aromatic N) is 2. The van der Waals surface area contributed by atoms with Gasteiger partial charge in [-0.3, -0.25) is 9.80 Å². The molecule has 28 heavy (non-hydrogen) atoms. The van der Waals surface area contributed by atoms with Crippen molar-refractivity contribution in [2.45, 2.75) is 70.3 Å². The van der Waals surface area contributed by atoms with Crippen LogP contribution >= 0.6 is 0 Å². The molecule has 1 aromatic rings. The van der Waals surface area contributed by atoms with Gasteiger partial charge in [0.1, 0.15) is 11.4 Å². The monoisotopic (exact) mass is 386 g/mol. The van der Waals surface area contributed by atoms with E-state index >= 15 is 0 Å². The Balaban J connectivity index is 1.92. The van der Waals surface area contributed by atoms with Crippen molar-refractivity contribution in [2.24, 2.45) is 0 Å². The Kier molecular flexibility index (Phi) is 6.15. The van der Waals surface area contributed by atoms with Gasteiger partial charge in [-0.2, -0.15) is 0 Å². The smallest absolute Gasteiger partial charge is 0.331 e. The fraction of sp³-hybridized carbons (Fsp3) is 0.609. The van der Waals surface area contributed by atoms with Crippen LogP contribution in [-0.2, 0) is 9.53 Å². The number of esters is 1. The van der Waals surface area contributed by atoms with Gasteiger partial charge in [0.2, 0.25) is 0 Å². The molecule has 2 aliphatic rings. The number of likely N-dealkylation sites (N-methyl/N-ethyl adjacent to an activating group) is 2. The minimum absolute atomic E-state index is 0.168. The molecule has 0 bridgehead atoms. The highest BCUT2D eigenvalue weighted by Crippen LogP contribution is 2.43. The summed E-state index contributed by atoms with van der Waals surface area (Å²) in [6.07, 6.45) is 8.65. The molecular formula is C23H34N2O3. The molecule has 1 aliphatic heterocycles. The molecule has 2 fully saturated rings. The zero-order chi connectivity index (χ0) is 20.5. The number of carbonyl (C=O) groups is 1. The first-order valence-corrected chi connectivity index (χ1v) is 10.2. The fourth-order valence-corrected chi connectivity index (χ4v) is 4.68. The molecule has 5 heteroatoms. The van der Waals surface area contributed by atoms with Gasteiger partial charge in [-0.1, -0.05) is 18.9 Å². The first-order chi connectivity index (χ1) is 13.2. The Hall–Kier alpha value is -1.85. The zero-order valence-electron chi connectivity index (χ0n) is 18.1. The lowest BCUT2D eigenvalue weighted by molar-refractivity contribution is -0.148. The van der Waals surface area contributed by atoms with Gasteiger partial charge in [-0.15, -0.1) is 0 Å². The Morgan fingerprint density at radius 2 is 1.71 bits per heavy atom. The minimum atomic E-state index is -0.494. The lowest BCUT2D eigenvalue weighted by atomic mass is 9.91. The molecule has 5 nitrogen and oxygen atoms in total. The number of benzene rings is 1. The third-order valence-electron chi connectivity index (χ3n) is 5.89. The number of rotatable bonds is 4. The normalized spacial score (nSPS) is 24.5. The fourth-order valence-electron chi connectivity index (χ4n) is 4.68. The lowest BCUT2D eigenvalue weighted by Crippen LogP contribution is -2.37. The Bertz CT molecular complexity index is 720. The van der Waals surface area contributed by atoms with Gasteiger partial charge in [-0.25, -0.2) is 4.79 Å². The van der Waals surface area contributed by atoms with E-state index in [4.69, 9.17) is 9.47 Å². The highest BCUT2D eigenvalue weighted by Gasteiger charge is 2.45. The largest absolute Gasteiger partial charge is 0.497 e. The Morgan fingerprint density at radius 1 is 1.11 bits per heavy atom. The third kappa shape index (κ3) is 4.41. The van der Waals surface area contributed by atoms with E-state index in [9.17, 15) is 4.79 Å². The summed E-state index contributed by atoms with van der Waals surface area (Å²) >= 11 is 0. The van der Waals surface area contributed by atoms with E-state index in [0.29, 0.717) is 12.1 Å². The number of ether oxygens (including phenoxy) is 2. The average molecular weight is 387 g/mol. The van der Waals surface area contributed by atoms with Crippen LogP contribution in [0.4, 0.5) is 0 Å². The second kappa shape index (κ2) is 8.26. The topological polar surface area (TPSA) is 42.0 Å². The summed E-state index contributed by atoms with van der Waals surface area (Å²) in [4.78, 5) is 17.1. The van der Waals surface area contributed by atoms with Gasteiger partial charge in [0.25, 0.3) is 0 Å². The number of carbonyl (C=O) groups excluding carboxylic acids is 1. The predicted molar refractivity (Wildman–Crippen MR) is 112 cm³/mol. The molecule has 0 N–H and O–H groups in total. The average Bonchev–Trinajstić information content (AvgIpc) is 2.89. The van der Waals surface area contributed by atoms with Crippen molar-refractivity contribution >= 4 is 12.0 Å². The highest BCUT2D eigenvalue weighted by molar-refractivity contribution is 5.87. The van der Waals surface area contributed by atoms with E-state index in [1.807, 2.05) is 39.0 Å². The summed E-state index contributed by atoms with van der Waals surface area (Å²) in [5.74, 6) is 0.511. The third-order valence-corrected chi connectivity index (χ3v) is 5.89. The van der Waals surface area contributed by atoms with Crippen LogP contribution in [0.25, 0.3) is 6.08 Å². The number of methoxy groups -OCH3 is 1. The molecule has 1 saturated heterocycles. The zero-order valence-corrected chi connectivity index (χ0v) is 18.1. The van der Waals surface area contributed by atoms with Crippen LogP contribution in [0.3, 0.4) is 0 Å². The van der Waals surface area contributed by atoms with E-state index in [0.717, 1.165) is 11.3 Å². The second-order valence-corrected chi connectivity index (χ2v) is 8.99. The van der Waals surface area contributed by atoms with Gasteiger partial charge in [-0.05, 0) is 77.0 Å². The van der Waals surface area contributed by atoms with E-state index in [1.54, 1.807) is 7.11 Å². The van der Waals surface area contributed by atoms with Crippen molar-refractivity contribution in [3.63, 3.8) is 0 Å². The van der Waals surface area contributed by atoms with Gasteiger partial charge in [0, 0.05) is 18.2 Å². The molecule has 2 atom stereocenters. The lowest BCUT2D eigenvalue weighted by Gasteiger charge is -2.29. The molecule has 1 saturated carbocycles. The molecule has 0 unspecified atom stereocenters. The maximum atomic E-state index is 12.2. The van der Waals surface area contributed by atoms with E-state index in [2.05, 4.69) is 30.0 Å². The maximum absolute atomic E-state index is 12.2. The summed E-state index contributed by atoms with van der Waals surface area (Å²) < 4.78 is 10.9. The molecule has 1 heterocycles. The molecule has 1 aromatic carbocycles. The van der Waals surface area contributed by atoms with Gasteiger partial charge in [0.15, 0.2) is 0 Å². The van der Waals surface area contributed by atoms with Crippen LogP contribution in [0.2, 0.25) is 0 Å². The quantitative estimate of drug-likeness (QED) is 0.572. The summed E-state index contributed by atoms with van der Waals surface area (Å²) in [5, 5.41) is 0. The summed E-state index contributed by atoms with van der Waals surface area (Å²) in [5.41, 5.74) is 1.69. The van der Waals surface area contributed by atoms with Crippen molar-refractivity contribution in [3.05, 3.63) is 35.4 Å². The summed E-state index contributed by atoms with van der Waals surface area (Å²) in [6.45, 7) is 5.63. The SMILES string of the molecule is COc1ccc(/C=C\C(=O)OC(C)(C)C)c(C2N(C)[C@@H]3CCCC[C@H]3N2C)c1. The van der Waals surface area contributed by atoms with Crippen LogP contribution in [0, 0.1) is 0 Å². The van der Waals surface area contributed by atoms with E-state index < -0.39 is 5.60 Å². The first-order valence-electron chi connectivity index (χ1n) is 10.2. The predicted octanol–water partition coefficient (Wildman–Crippen LogP) is 4.24. The first kappa shape index (κ1) is 20.9. The summed E-state index contributed by atoms with van der Waals surface area (Å²) in [7, 11) is 6.13. The van der Waals surface area contributed by atoms with Crippen molar-refractivity contribution in [2.75, 3.05) is 21.2 Å². The van der Waals surface area contributed by atoms with Crippen LogP contribution in [0.15, 0.2) is 24.3 Å². The van der Waals surface area contributed by atoms with Crippen molar-refractivity contribution in [1.82, 2.24) is 9.80 Å². The van der Waals surface area contributed by atoms with Crippen molar-refractivity contribution < 1.29 is 14.3 Å². The molecule has 0 radical (unpaired) electrons. The minimum Gasteiger partial charge on any atom is -0.497 e. The number of fused-ring (bicyclic) bond motifs is 1. The highest BCUT2D eigenvalue weighted by atomic mass is 16.6. The molecule has 0 aromatic heterocycles. The van der Waals surface area contributed by atoms with Gasteiger partial charge in [0.05, 0.1) is 13.3 Å². The van der Waals surface area contributed by atoms with Crippen LogP contribution in [-0.4, -0.2) is 54.7 Å². The Labute approximate surface area is 169 Å². The maximum Gasteiger partial charge on any atom is 0.331 e. The molecule has 0 spiro atoms. The van der Waals surface area contributed by atoms with Crippen molar-refractivity contribution in [3.8, 4) is 5.75 Å². The molecule has 1 aliphatic carbocycles. The van der Waals surface area contributed by atoms with Crippen molar-refractivity contribution in [1.29, 1.82) is 0 Å². The summed E-state index contributed by atoms with van der Waals surface area (Å²) in [6, 6.07) is 7.23. The number of hydrogen-bond donors (Lipinski definition) is 0. The molecule has 3 rings (SSSR count). The van der Waals surface area contributed by atoms with Gasteiger partial charge < -0.3 is 9.47 Å². The second-order valence-electron chi connectivity index (χ2n) is 8.99.